The van der Waals surface area contributed by atoms with Crippen LogP contribution >= 0.6 is 0 Å². The van der Waals surface area contributed by atoms with Crippen molar-refractivity contribution in [2.24, 2.45) is 5.73 Å². The molecule has 8 nitrogen and oxygen atoms in total. The number of carboxylic acids is 1. The number of amides is 1. The Bertz CT molecular complexity index is 435. The van der Waals surface area contributed by atoms with Gasteiger partial charge in [-0.1, -0.05) is 0 Å². The van der Waals surface area contributed by atoms with Gasteiger partial charge in [0, 0.05) is 19.2 Å². The average Bonchev–Trinajstić information content (AvgIpc) is 2.94. The quantitative estimate of drug-likeness (QED) is 0.360. The van der Waals surface area contributed by atoms with Gasteiger partial charge in [0.1, 0.15) is 6.04 Å². The van der Waals surface area contributed by atoms with Crippen molar-refractivity contribution in [3.05, 3.63) is 18.2 Å². The van der Waals surface area contributed by atoms with Gasteiger partial charge in [0.2, 0.25) is 5.91 Å². The zero-order valence-corrected chi connectivity index (χ0v) is 12.1. The highest BCUT2D eigenvalue weighted by Gasteiger charge is 2.15. The highest BCUT2D eigenvalue weighted by atomic mass is 16.4. The van der Waals surface area contributed by atoms with Crippen molar-refractivity contribution in [2.75, 3.05) is 13.6 Å². The summed E-state index contributed by atoms with van der Waals surface area (Å²) >= 11 is 0. The molecule has 1 rings (SSSR count). The Morgan fingerprint density at radius 3 is 2.81 bits per heavy atom. The lowest BCUT2D eigenvalue weighted by molar-refractivity contribution is -0.139. The largest absolute Gasteiger partial charge is 0.480 e. The molecule has 21 heavy (non-hydrogen) atoms. The number of aromatic nitrogens is 2. The number of hydrogen-bond donors (Lipinski definition) is 5. The van der Waals surface area contributed by atoms with Gasteiger partial charge in [-0.15, -0.1) is 0 Å². The summed E-state index contributed by atoms with van der Waals surface area (Å²) in [4.78, 5) is 29.4. The molecular weight excluding hydrogens is 274 g/mol. The van der Waals surface area contributed by atoms with E-state index >= 15 is 0 Å². The first kappa shape index (κ1) is 17.1. The van der Waals surface area contributed by atoms with Crippen LogP contribution < -0.4 is 16.4 Å². The topological polar surface area (TPSA) is 133 Å². The van der Waals surface area contributed by atoms with E-state index in [9.17, 15) is 9.59 Å². The van der Waals surface area contributed by atoms with E-state index in [2.05, 4.69) is 20.6 Å². The smallest absolute Gasteiger partial charge is 0.320 e. The molecule has 1 heterocycles. The van der Waals surface area contributed by atoms with Gasteiger partial charge in [0.05, 0.1) is 18.1 Å². The third-order valence-corrected chi connectivity index (χ3v) is 3.19. The monoisotopic (exact) mass is 297 g/mol. The number of carbonyl (C=O) groups is 2. The molecule has 0 spiro atoms. The average molecular weight is 297 g/mol. The molecule has 1 amide bonds. The fourth-order valence-electron chi connectivity index (χ4n) is 1.93. The van der Waals surface area contributed by atoms with Crippen LogP contribution in [0.4, 0.5) is 0 Å². The number of H-pyrrole nitrogens is 1. The number of nitrogens with one attached hydrogen (secondary N) is 3. The lowest BCUT2D eigenvalue weighted by Gasteiger charge is -2.12. The Kier molecular flexibility index (Phi) is 7.41. The van der Waals surface area contributed by atoms with E-state index in [1.54, 1.807) is 19.6 Å². The molecule has 0 saturated heterocycles. The third-order valence-electron chi connectivity index (χ3n) is 3.19. The number of imidazole rings is 1. The molecule has 2 atom stereocenters. The summed E-state index contributed by atoms with van der Waals surface area (Å²) < 4.78 is 0. The predicted molar refractivity (Wildman–Crippen MR) is 77.6 cm³/mol. The number of rotatable bonds is 10. The molecule has 0 aliphatic heterocycles. The van der Waals surface area contributed by atoms with Crippen LogP contribution in [0.15, 0.2) is 12.5 Å². The van der Waals surface area contributed by atoms with Gasteiger partial charge in [0.15, 0.2) is 0 Å². The highest BCUT2D eigenvalue weighted by Crippen LogP contribution is 2.01. The number of likely N-dealkylation sites (N-methyl/N-ethyl adjacent to an activating group) is 1. The Labute approximate surface area is 123 Å². The van der Waals surface area contributed by atoms with Gasteiger partial charge in [-0.05, 0) is 26.3 Å². The SMILES string of the molecule is CN[C@@H](CCCCNC(=O)[C@@H](N)Cc1c[nH]cn1)C(=O)O. The molecular formula is C13H23N5O3. The van der Waals surface area contributed by atoms with Gasteiger partial charge >= 0.3 is 5.97 Å². The van der Waals surface area contributed by atoms with Gasteiger partial charge in [-0.3, -0.25) is 9.59 Å². The highest BCUT2D eigenvalue weighted by molar-refractivity contribution is 5.81. The summed E-state index contributed by atoms with van der Waals surface area (Å²) in [7, 11) is 1.62. The van der Waals surface area contributed by atoms with Gasteiger partial charge in [0.25, 0.3) is 0 Å². The zero-order valence-electron chi connectivity index (χ0n) is 12.1. The molecule has 1 aromatic heterocycles. The number of nitrogens with zero attached hydrogens (tertiary/aromatic N) is 1. The van der Waals surface area contributed by atoms with E-state index in [0.717, 1.165) is 5.69 Å². The number of unbranched alkanes of at least 4 members (excludes halogenated alkanes) is 1. The Balaban J connectivity index is 2.14. The number of carboxylic acid groups (broad SMARTS) is 1. The lowest BCUT2D eigenvalue weighted by atomic mass is 10.1. The van der Waals surface area contributed by atoms with Crippen LogP contribution in [0, 0.1) is 0 Å². The maximum absolute atomic E-state index is 11.8. The van der Waals surface area contributed by atoms with Crippen LogP contribution in [0.2, 0.25) is 0 Å². The van der Waals surface area contributed by atoms with Crippen LogP contribution in [0.3, 0.4) is 0 Å². The fourth-order valence-corrected chi connectivity index (χ4v) is 1.93. The van der Waals surface area contributed by atoms with Crippen molar-refractivity contribution < 1.29 is 14.7 Å². The fraction of sp³-hybridized carbons (Fsp3) is 0.615. The van der Waals surface area contributed by atoms with Crippen molar-refractivity contribution in [1.29, 1.82) is 0 Å². The van der Waals surface area contributed by atoms with Crippen LogP contribution in [-0.4, -0.2) is 52.6 Å². The molecule has 0 aliphatic rings. The van der Waals surface area contributed by atoms with Gasteiger partial charge in [-0.2, -0.15) is 0 Å². The number of nitrogens with two attached hydrogens (primary N) is 1. The number of hydrogen-bond acceptors (Lipinski definition) is 5. The summed E-state index contributed by atoms with van der Waals surface area (Å²) in [6, 6.07) is -1.17. The summed E-state index contributed by atoms with van der Waals surface area (Å²) in [6.07, 6.45) is 5.59. The van der Waals surface area contributed by atoms with E-state index < -0.39 is 18.1 Å². The molecule has 0 fully saturated rings. The first-order valence-corrected chi connectivity index (χ1v) is 6.95. The maximum Gasteiger partial charge on any atom is 0.320 e. The second kappa shape index (κ2) is 9.09. The van der Waals surface area contributed by atoms with Crippen LogP contribution in [0.5, 0.6) is 0 Å². The van der Waals surface area contributed by atoms with Crippen LogP contribution in [0.1, 0.15) is 25.0 Å². The predicted octanol–water partition coefficient (Wildman–Crippen LogP) is -0.761. The van der Waals surface area contributed by atoms with Crippen molar-refractivity contribution >= 4 is 11.9 Å². The minimum atomic E-state index is -0.859. The van der Waals surface area contributed by atoms with E-state index in [0.29, 0.717) is 32.2 Å². The molecule has 1 aromatic rings. The Hall–Kier alpha value is -1.93. The summed E-state index contributed by atoms with van der Waals surface area (Å²) in [5, 5.41) is 14.3. The molecule has 8 heteroatoms. The minimum Gasteiger partial charge on any atom is -0.480 e. The van der Waals surface area contributed by atoms with E-state index in [1.165, 1.54) is 0 Å². The molecule has 0 aromatic carbocycles. The molecule has 0 aliphatic carbocycles. The Morgan fingerprint density at radius 1 is 1.48 bits per heavy atom. The molecule has 0 saturated carbocycles. The number of aromatic amines is 1. The first-order chi connectivity index (χ1) is 10.0. The second-order valence-corrected chi connectivity index (χ2v) is 4.84. The molecule has 0 bridgehead atoms. The van der Waals surface area contributed by atoms with Gasteiger partial charge < -0.3 is 26.5 Å². The number of aliphatic carboxylic acids is 1. The first-order valence-electron chi connectivity index (χ1n) is 6.95. The zero-order chi connectivity index (χ0) is 15.7. The maximum atomic E-state index is 11.8. The second-order valence-electron chi connectivity index (χ2n) is 4.84. The van der Waals surface area contributed by atoms with Crippen molar-refractivity contribution in [3.63, 3.8) is 0 Å². The van der Waals surface area contributed by atoms with E-state index in [4.69, 9.17) is 10.8 Å². The summed E-state index contributed by atoms with van der Waals surface area (Å²) in [5.41, 5.74) is 6.53. The molecule has 118 valence electrons. The molecule has 0 unspecified atom stereocenters. The minimum absolute atomic E-state index is 0.221. The van der Waals surface area contributed by atoms with Gasteiger partial charge in [-0.25, -0.2) is 4.98 Å². The standard InChI is InChI=1S/C13H23N5O3/c1-15-11(13(20)21)4-2-3-5-17-12(19)10(14)6-9-7-16-8-18-9/h7-8,10-11,15H,2-6,14H2,1H3,(H,16,18)(H,17,19)(H,20,21)/t10-,11-/m0/s1. The Morgan fingerprint density at radius 2 is 2.24 bits per heavy atom. The molecule has 6 N–H and O–H groups in total. The summed E-state index contributed by atoms with van der Waals surface area (Å²) in [6.45, 7) is 0.489. The van der Waals surface area contributed by atoms with Crippen molar-refractivity contribution in [2.45, 2.75) is 37.8 Å². The molecule has 0 radical (unpaired) electrons. The third kappa shape index (κ3) is 6.37. The van der Waals surface area contributed by atoms with Crippen molar-refractivity contribution in [3.8, 4) is 0 Å². The van der Waals surface area contributed by atoms with E-state index in [1.807, 2.05) is 0 Å². The van der Waals surface area contributed by atoms with Crippen LogP contribution in [0.25, 0.3) is 0 Å². The van der Waals surface area contributed by atoms with Crippen LogP contribution in [-0.2, 0) is 16.0 Å². The summed E-state index contributed by atoms with van der Waals surface area (Å²) in [5.74, 6) is -1.08. The number of carbonyl (C=O) groups excluding carboxylic acids is 1. The normalized spacial score (nSPS) is 13.6. The lowest BCUT2D eigenvalue weighted by Crippen LogP contribution is -2.42. The van der Waals surface area contributed by atoms with E-state index in [-0.39, 0.29) is 5.91 Å². The van der Waals surface area contributed by atoms with Crippen molar-refractivity contribution in [1.82, 2.24) is 20.6 Å².